The van der Waals surface area contributed by atoms with Gasteiger partial charge in [0, 0.05) is 29.2 Å². The van der Waals surface area contributed by atoms with E-state index in [9.17, 15) is 17.6 Å². The van der Waals surface area contributed by atoms with Crippen LogP contribution in [0, 0.1) is 5.82 Å². The molecule has 2 aromatic carbocycles. The van der Waals surface area contributed by atoms with Gasteiger partial charge in [0.25, 0.3) is 15.9 Å². The number of rotatable bonds is 4. The number of aryl methyl sites for hydroxylation is 1. The average molecular weight is 382 g/mol. The molecule has 0 saturated carbocycles. The monoisotopic (exact) mass is 381 g/mol. The smallest absolute Gasteiger partial charge is 0.268 e. The molecule has 3 rings (SSSR count). The van der Waals surface area contributed by atoms with E-state index < -0.39 is 26.6 Å². The molecule has 0 unspecified atom stereocenters. The Bertz CT molecular complexity index is 1080. The maximum atomic E-state index is 13.8. The summed E-state index contributed by atoms with van der Waals surface area (Å²) >= 11 is 5.61. The quantitative estimate of drug-likeness (QED) is 0.682. The van der Waals surface area contributed by atoms with Crippen LogP contribution in [0.15, 0.2) is 53.6 Å². The summed E-state index contributed by atoms with van der Waals surface area (Å²) < 4.78 is 39.8. The standard InChI is InChI=1S/C16H13ClFN3O3S/c1-21-9-12(11-4-2-3-5-14(11)21)16(22)19-20-25(23,24)15-7-6-10(17)8-13(15)18/h2-9,20H,1H3,(H,19,22). The van der Waals surface area contributed by atoms with Crippen LogP contribution in [-0.4, -0.2) is 18.9 Å². The maximum absolute atomic E-state index is 13.8. The number of sulfonamides is 1. The number of carbonyl (C=O) groups excluding carboxylic acids is 1. The molecule has 2 N–H and O–H groups in total. The van der Waals surface area contributed by atoms with Gasteiger partial charge in [0.15, 0.2) is 0 Å². The van der Waals surface area contributed by atoms with Crippen molar-refractivity contribution in [2.75, 3.05) is 0 Å². The van der Waals surface area contributed by atoms with Crippen molar-refractivity contribution in [2.45, 2.75) is 4.90 Å². The van der Waals surface area contributed by atoms with Crippen LogP contribution in [0.4, 0.5) is 4.39 Å². The van der Waals surface area contributed by atoms with Crippen LogP contribution < -0.4 is 10.3 Å². The number of hydrogen-bond donors (Lipinski definition) is 2. The lowest BCUT2D eigenvalue weighted by Gasteiger charge is -2.09. The Morgan fingerprint density at radius 3 is 2.64 bits per heavy atom. The summed E-state index contributed by atoms with van der Waals surface area (Å²) in [4.78, 5) is 13.6. The first-order valence-electron chi connectivity index (χ1n) is 7.11. The molecule has 1 heterocycles. The molecule has 6 nitrogen and oxygen atoms in total. The van der Waals surface area contributed by atoms with Gasteiger partial charge >= 0.3 is 0 Å². The van der Waals surface area contributed by atoms with Gasteiger partial charge in [-0.15, -0.1) is 4.83 Å². The summed E-state index contributed by atoms with van der Waals surface area (Å²) in [5.41, 5.74) is 3.20. The molecule has 25 heavy (non-hydrogen) atoms. The minimum absolute atomic E-state index is 0.0660. The van der Waals surface area contributed by atoms with Gasteiger partial charge in [-0.25, -0.2) is 12.8 Å². The van der Waals surface area contributed by atoms with Gasteiger partial charge in [0.2, 0.25) is 0 Å². The Labute approximate surface area is 148 Å². The topological polar surface area (TPSA) is 80.2 Å². The summed E-state index contributed by atoms with van der Waals surface area (Å²) in [6.07, 6.45) is 1.58. The zero-order valence-electron chi connectivity index (χ0n) is 13.0. The summed E-state index contributed by atoms with van der Waals surface area (Å²) in [5.74, 6) is -1.67. The molecule has 0 radical (unpaired) electrons. The first-order chi connectivity index (χ1) is 11.8. The van der Waals surface area contributed by atoms with Crippen LogP contribution >= 0.6 is 11.6 Å². The highest BCUT2D eigenvalue weighted by Crippen LogP contribution is 2.21. The van der Waals surface area contributed by atoms with Crippen LogP contribution in [-0.2, 0) is 17.1 Å². The fourth-order valence-corrected chi connectivity index (χ4v) is 3.51. The van der Waals surface area contributed by atoms with Gasteiger partial charge in [-0.3, -0.25) is 10.2 Å². The number of aromatic nitrogens is 1. The van der Waals surface area contributed by atoms with E-state index in [-0.39, 0.29) is 10.6 Å². The maximum Gasteiger partial charge on any atom is 0.268 e. The Balaban J connectivity index is 1.84. The molecule has 0 aliphatic heterocycles. The van der Waals surface area contributed by atoms with Crippen molar-refractivity contribution < 1.29 is 17.6 Å². The van der Waals surface area contributed by atoms with E-state index in [0.29, 0.717) is 5.39 Å². The molecular weight excluding hydrogens is 369 g/mol. The number of nitrogens with zero attached hydrogens (tertiary/aromatic N) is 1. The lowest BCUT2D eigenvalue weighted by Crippen LogP contribution is -2.41. The van der Waals surface area contributed by atoms with E-state index >= 15 is 0 Å². The number of para-hydroxylation sites is 1. The molecule has 0 fully saturated rings. The molecule has 9 heteroatoms. The van der Waals surface area contributed by atoms with E-state index in [1.807, 2.05) is 17.0 Å². The van der Waals surface area contributed by atoms with Crippen LogP contribution in [0.5, 0.6) is 0 Å². The lowest BCUT2D eigenvalue weighted by molar-refractivity contribution is 0.0946. The predicted octanol–water partition coefficient (Wildman–Crippen LogP) is 2.59. The molecule has 0 saturated heterocycles. The molecule has 130 valence electrons. The highest BCUT2D eigenvalue weighted by molar-refractivity contribution is 7.89. The second-order valence-corrected chi connectivity index (χ2v) is 7.39. The molecule has 3 aromatic rings. The third-order valence-electron chi connectivity index (χ3n) is 3.62. The summed E-state index contributed by atoms with van der Waals surface area (Å²) in [5, 5.41) is 0.732. The third kappa shape index (κ3) is 3.37. The van der Waals surface area contributed by atoms with Crippen LogP contribution in [0.2, 0.25) is 5.02 Å². The van der Waals surface area contributed by atoms with Crippen molar-refractivity contribution in [3.63, 3.8) is 0 Å². The minimum Gasteiger partial charge on any atom is -0.350 e. The number of benzene rings is 2. The third-order valence-corrected chi connectivity index (χ3v) is 5.14. The van der Waals surface area contributed by atoms with E-state index in [1.165, 1.54) is 6.07 Å². The van der Waals surface area contributed by atoms with Crippen molar-refractivity contribution in [1.82, 2.24) is 14.8 Å². The van der Waals surface area contributed by atoms with Crippen LogP contribution in [0.25, 0.3) is 10.9 Å². The van der Waals surface area contributed by atoms with Crippen LogP contribution in [0.1, 0.15) is 10.4 Å². The molecule has 1 aromatic heterocycles. The zero-order valence-corrected chi connectivity index (χ0v) is 14.5. The highest BCUT2D eigenvalue weighted by atomic mass is 35.5. The first-order valence-corrected chi connectivity index (χ1v) is 8.97. The Kier molecular flexibility index (Phi) is 4.51. The van der Waals surface area contributed by atoms with Gasteiger partial charge in [0.05, 0.1) is 5.56 Å². The van der Waals surface area contributed by atoms with Gasteiger partial charge < -0.3 is 4.57 Å². The minimum atomic E-state index is -4.28. The van der Waals surface area contributed by atoms with Crippen LogP contribution in [0.3, 0.4) is 0 Å². The molecule has 0 atom stereocenters. The molecule has 0 aliphatic rings. The second kappa shape index (κ2) is 6.47. The number of fused-ring (bicyclic) bond motifs is 1. The fourth-order valence-electron chi connectivity index (χ4n) is 2.45. The number of halogens is 2. The van der Waals surface area contributed by atoms with Gasteiger partial charge in [0.1, 0.15) is 10.7 Å². The average Bonchev–Trinajstić information content (AvgIpc) is 2.90. The Hall–Kier alpha value is -2.42. The Morgan fingerprint density at radius 1 is 1.20 bits per heavy atom. The summed E-state index contributed by atoms with van der Waals surface area (Å²) in [6, 6.07) is 10.3. The van der Waals surface area contributed by atoms with E-state index in [1.54, 1.807) is 29.9 Å². The molecular formula is C16H13ClFN3O3S. The molecule has 1 amide bonds. The number of carbonyl (C=O) groups is 1. The van der Waals surface area contributed by atoms with Gasteiger partial charge in [-0.05, 0) is 24.3 Å². The predicted molar refractivity (Wildman–Crippen MR) is 92.1 cm³/mol. The van der Waals surface area contributed by atoms with Crippen molar-refractivity contribution >= 4 is 38.4 Å². The SMILES string of the molecule is Cn1cc(C(=O)NNS(=O)(=O)c2ccc(Cl)cc2F)c2ccccc21. The summed E-state index contributed by atoms with van der Waals surface area (Å²) in [6.45, 7) is 0. The number of nitrogens with one attached hydrogen (secondary N) is 2. The van der Waals surface area contributed by atoms with Crippen molar-refractivity contribution in [3.8, 4) is 0 Å². The largest absolute Gasteiger partial charge is 0.350 e. The van der Waals surface area contributed by atoms with E-state index in [4.69, 9.17) is 11.6 Å². The fraction of sp³-hybridized carbons (Fsp3) is 0.0625. The highest BCUT2D eigenvalue weighted by Gasteiger charge is 2.21. The van der Waals surface area contributed by atoms with Crippen molar-refractivity contribution in [2.24, 2.45) is 7.05 Å². The Morgan fingerprint density at radius 2 is 1.92 bits per heavy atom. The first kappa shape index (κ1) is 17.4. The normalized spacial score (nSPS) is 11.6. The van der Waals surface area contributed by atoms with Crippen molar-refractivity contribution in [3.05, 3.63) is 65.1 Å². The number of hydrazine groups is 1. The van der Waals surface area contributed by atoms with E-state index in [2.05, 4.69) is 5.43 Å². The number of amides is 1. The second-order valence-electron chi connectivity index (χ2n) is 5.31. The van der Waals surface area contributed by atoms with Crippen molar-refractivity contribution in [1.29, 1.82) is 0 Å². The van der Waals surface area contributed by atoms with Gasteiger partial charge in [-0.2, -0.15) is 0 Å². The molecule has 0 spiro atoms. The lowest BCUT2D eigenvalue weighted by atomic mass is 10.2. The molecule has 0 bridgehead atoms. The number of hydrogen-bond acceptors (Lipinski definition) is 3. The molecule has 0 aliphatic carbocycles. The summed E-state index contributed by atoms with van der Waals surface area (Å²) in [7, 11) is -2.51. The van der Waals surface area contributed by atoms with E-state index in [0.717, 1.165) is 17.6 Å². The van der Waals surface area contributed by atoms with Gasteiger partial charge in [-0.1, -0.05) is 29.8 Å². The zero-order chi connectivity index (χ0) is 18.2.